The highest BCUT2D eigenvalue weighted by Crippen LogP contribution is 2.47. The zero-order valence-corrected chi connectivity index (χ0v) is 40.5. The van der Waals surface area contributed by atoms with Gasteiger partial charge in [-0.25, -0.2) is 9.59 Å². The third kappa shape index (κ3) is 13.0. The number of esters is 2. The lowest BCUT2D eigenvalue weighted by atomic mass is 9.97. The van der Waals surface area contributed by atoms with Crippen LogP contribution in [-0.4, -0.2) is 202 Å². The maximum atomic E-state index is 12.9. The molecule has 3 saturated heterocycles. The lowest BCUT2D eigenvalue weighted by Gasteiger charge is -2.46. The van der Waals surface area contributed by atoms with Gasteiger partial charge in [-0.3, -0.25) is 0 Å². The number of fused-ring (bicyclic) bond motifs is 1. The van der Waals surface area contributed by atoms with Crippen LogP contribution in [0, 0.1) is 0 Å². The number of hydrogen-bond acceptors (Lipinski definition) is 24. The van der Waals surface area contributed by atoms with Crippen LogP contribution in [0.15, 0.2) is 96.8 Å². The first-order valence-corrected chi connectivity index (χ1v) is 23.8. The van der Waals surface area contributed by atoms with Crippen LogP contribution < -0.4 is 9.47 Å². The number of aromatic hydroxyl groups is 5. The zero-order valence-electron chi connectivity index (χ0n) is 40.5. The van der Waals surface area contributed by atoms with Crippen LogP contribution in [0.4, 0.5) is 0 Å². The van der Waals surface area contributed by atoms with E-state index in [0.717, 1.165) is 18.2 Å². The molecule has 4 aliphatic rings. The SMILES string of the molecule is COc1cc(/C=C/C(=O)OC[C@H]2O[C@@H](O[C@@H]3[C@H](OC4=Cc5c(O[C@@H]6O[C@H](CO)[C@@H](O)[C@H](O)[C@@H]6O)cc(O)cc5[OH+]C4c4ccc(O)cc4)O[C@H](COC(=O)/C=C/c4ccc(O)cc4)[C@@H](O)[C@@H]3O)[C@H](O)[C@@H](O)[C@@H]2O)ccc1O. The molecule has 4 aromatic rings. The molecule has 0 aliphatic carbocycles. The highest BCUT2D eigenvalue weighted by atomic mass is 16.8. The summed E-state index contributed by atoms with van der Waals surface area (Å²) >= 11 is 0. The molecule has 14 N–H and O–H groups in total. The van der Waals surface area contributed by atoms with Gasteiger partial charge in [-0.05, 0) is 71.8 Å². The van der Waals surface area contributed by atoms with E-state index in [2.05, 4.69) is 0 Å². The lowest BCUT2D eigenvalue weighted by Crippen LogP contribution is -2.64. The van der Waals surface area contributed by atoms with Gasteiger partial charge in [-0.15, -0.1) is 0 Å². The zero-order chi connectivity index (χ0) is 55.2. The van der Waals surface area contributed by atoms with Crippen molar-refractivity contribution in [1.82, 2.24) is 0 Å². The molecule has 25 heteroatoms. The number of benzene rings is 4. The van der Waals surface area contributed by atoms with Gasteiger partial charge in [0, 0.05) is 24.3 Å². The fraction of sp³-hybridized carbons (Fsp3) is 0.385. The van der Waals surface area contributed by atoms with Crippen molar-refractivity contribution in [3.8, 4) is 40.2 Å². The Kier molecular flexibility index (Phi) is 17.9. The van der Waals surface area contributed by atoms with Crippen LogP contribution in [0.5, 0.6) is 40.2 Å². The van der Waals surface area contributed by atoms with Crippen molar-refractivity contribution >= 4 is 30.2 Å². The van der Waals surface area contributed by atoms with E-state index in [1.165, 1.54) is 98.1 Å². The Morgan fingerprint density at radius 1 is 0.571 bits per heavy atom. The van der Waals surface area contributed by atoms with Gasteiger partial charge in [-0.1, -0.05) is 18.2 Å². The number of aliphatic hydroxyl groups excluding tert-OH is 9. The molecule has 0 spiro atoms. The Balaban J connectivity index is 1.09. The van der Waals surface area contributed by atoms with Crippen LogP contribution >= 0.6 is 0 Å². The van der Waals surface area contributed by atoms with Gasteiger partial charge >= 0.3 is 11.9 Å². The summed E-state index contributed by atoms with van der Waals surface area (Å²) in [7, 11) is 1.34. The average molecular weight is 1080 g/mol. The first kappa shape index (κ1) is 56.1. The Morgan fingerprint density at radius 3 is 1.74 bits per heavy atom. The second kappa shape index (κ2) is 24.5. The Morgan fingerprint density at radius 2 is 1.12 bits per heavy atom. The summed E-state index contributed by atoms with van der Waals surface area (Å²) in [6, 6.07) is 18.0. The summed E-state index contributed by atoms with van der Waals surface area (Å²) in [5.74, 6) is -2.88. The molecule has 0 radical (unpaired) electrons. The molecular formula is C52H57O25+. The quantitative estimate of drug-likeness (QED) is 0.0350. The van der Waals surface area contributed by atoms with Crippen molar-refractivity contribution in [3.05, 3.63) is 119 Å². The number of carbonyl (C=O) groups is 2. The summed E-state index contributed by atoms with van der Waals surface area (Å²) in [6.45, 7) is -2.26. The maximum Gasteiger partial charge on any atom is 0.330 e. The molecule has 0 bridgehead atoms. The molecular weight excluding hydrogens is 1020 g/mol. The van der Waals surface area contributed by atoms with Gasteiger partial charge in [0.2, 0.25) is 12.6 Å². The summed E-state index contributed by atoms with van der Waals surface area (Å²) in [6.07, 6.45) is -23.0. The molecule has 77 heavy (non-hydrogen) atoms. The van der Waals surface area contributed by atoms with Gasteiger partial charge in [0.05, 0.1) is 25.3 Å². The minimum atomic E-state index is -2.10. The average Bonchev–Trinajstić information content (AvgIpc) is 3.46. The summed E-state index contributed by atoms with van der Waals surface area (Å²) in [5, 5.41) is 139. The number of carbonyl (C=O) groups excluding carboxylic acids is 2. The summed E-state index contributed by atoms with van der Waals surface area (Å²) in [4.78, 5) is 25.7. The van der Waals surface area contributed by atoms with Crippen LogP contribution in [0.1, 0.15) is 28.4 Å². The van der Waals surface area contributed by atoms with E-state index in [-0.39, 0.29) is 45.8 Å². The van der Waals surface area contributed by atoms with Crippen molar-refractivity contribution in [1.29, 1.82) is 0 Å². The topological polar surface area (TPSA) is 393 Å². The Bertz CT molecular complexity index is 2760. The van der Waals surface area contributed by atoms with Crippen molar-refractivity contribution in [2.75, 3.05) is 26.9 Å². The maximum absolute atomic E-state index is 12.9. The number of aliphatic hydroxyl groups is 10. The Labute approximate surface area is 437 Å². The number of phenols is 4. The van der Waals surface area contributed by atoms with Crippen molar-refractivity contribution in [2.24, 2.45) is 0 Å². The molecule has 4 heterocycles. The lowest BCUT2D eigenvalue weighted by molar-refractivity contribution is -0.364. The molecule has 1 unspecified atom stereocenters. The Hall–Kier alpha value is -7.08. The fourth-order valence-electron chi connectivity index (χ4n) is 8.53. The van der Waals surface area contributed by atoms with E-state index in [0.29, 0.717) is 16.7 Å². The first-order chi connectivity index (χ1) is 36.8. The summed E-state index contributed by atoms with van der Waals surface area (Å²) < 4.78 is 56.6. The first-order valence-electron chi connectivity index (χ1n) is 23.8. The normalized spacial score (nSPS) is 31.2. The number of rotatable bonds is 17. The van der Waals surface area contributed by atoms with E-state index in [9.17, 15) is 76.0 Å². The summed E-state index contributed by atoms with van der Waals surface area (Å²) in [5.41, 5.74) is 1.30. The molecule has 0 saturated carbocycles. The van der Waals surface area contributed by atoms with Crippen LogP contribution in [0.3, 0.4) is 0 Å². The second-order valence-electron chi connectivity index (χ2n) is 18.1. The number of phenolic OH excluding ortho intramolecular Hbond substituents is 4. The minimum Gasteiger partial charge on any atom is -0.571 e. The molecule has 0 amide bonds. The van der Waals surface area contributed by atoms with E-state index in [1.54, 1.807) is 0 Å². The fourth-order valence-corrected chi connectivity index (χ4v) is 8.53. The largest absolute Gasteiger partial charge is 0.571 e. The predicted molar refractivity (Wildman–Crippen MR) is 259 cm³/mol. The van der Waals surface area contributed by atoms with Gasteiger partial charge < -0.3 is 114 Å². The molecule has 4 aromatic carbocycles. The van der Waals surface area contributed by atoms with Gasteiger partial charge in [0.15, 0.2) is 29.7 Å². The van der Waals surface area contributed by atoms with Gasteiger partial charge in [-0.2, -0.15) is 0 Å². The van der Waals surface area contributed by atoms with E-state index in [4.69, 9.17) is 47.4 Å². The minimum absolute atomic E-state index is 0.0130. The van der Waals surface area contributed by atoms with Crippen LogP contribution in [0.25, 0.3) is 18.2 Å². The molecule has 16 atom stereocenters. The number of methoxy groups -OCH3 is 1. The molecule has 25 nitrogen and oxygen atoms in total. The standard InChI is InChI=1S/C52H56O25/c1-68-33-16-24(4-13-30(33)57)6-15-39(59)69-21-36-41(61)44(64)47(67)51(75-36)77-49-45(65)42(62)37(22-70-38(58)14-5-23-2-9-26(54)10-3-23)76-52(49)73-34-19-29-31(71-48(34)25-7-11-27(55)12-8-25)17-28(56)18-32(29)72-50-46(66)43(63)40(60)35(20-53)74-50/h2-19,35-37,40-57,60-67H,20-22H2,1H3/p+1/b14-5+,15-6+/t35-,36-,37-,40-,41-,42-,43+,44+,45+,46+,47-,48?,49+,50-,51+,52-/m1/s1. The van der Waals surface area contributed by atoms with Crippen molar-refractivity contribution in [2.45, 2.75) is 98.2 Å². The van der Waals surface area contributed by atoms with Gasteiger partial charge in [0.25, 0.3) is 11.9 Å². The van der Waals surface area contributed by atoms with Crippen molar-refractivity contribution < 1.29 is 123 Å². The molecule has 0 aromatic heterocycles. The predicted octanol–water partition coefficient (Wildman–Crippen LogP) is -0.797. The molecule has 8 rings (SSSR count). The van der Waals surface area contributed by atoms with Crippen molar-refractivity contribution in [3.63, 3.8) is 0 Å². The van der Waals surface area contributed by atoms with Crippen LogP contribution in [0.2, 0.25) is 0 Å². The number of ether oxygens (including phenoxy) is 10. The monoisotopic (exact) mass is 1080 g/mol. The van der Waals surface area contributed by atoms with E-state index >= 15 is 0 Å². The van der Waals surface area contributed by atoms with Gasteiger partial charge in [0.1, 0.15) is 109 Å². The highest BCUT2D eigenvalue weighted by molar-refractivity contribution is 5.87. The molecule has 3 fully saturated rings. The number of hydrogen-bond donors (Lipinski definition) is 13. The van der Waals surface area contributed by atoms with E-state index in [1.807, 2.05) is 0 Å². The third-order valence-electron chi connectivity index (χ3n) is 12.8. The van der Waals surface area contributed by atoms with E-state index < -0.39 is 136 Å². The molecule has 4 aliphatic heterocycles. The molecule has 414 valence electrons. The highest BCUT2D eigenvalue weighted by Gasteiger charge is 2.53. The smallest absolute Gasteiger partial charge is 0.330 e. The second-order valence-corrected chi connectivity index (χ2v) is 18.1. The third-order valence-corrected chi connectivity index (χ3v) is 12.8. The van der Waals surface area contributed by atoms with Crippen LogP contribution in [-0.2, 0) is 42.7 Å².